The van der Waals surface area contributed by atoms with E-state index < -0.39 is 102 Å². The third-order valence-electron chi connectivity index (χ3n) is 18.8. The molecular formula is C101H154O34P2. The third kappa shape index (κ3) is 53.7. The van der Waals surface area contributed by atoms with Gasteiger partial charge in [-0.25, -0.2) is 47.9 Å². The molecule has 0 spiro atoms. The molecule has 5 aromatic carbocycles. The summed E-state index contributed by atoms with van der Waals surface area (Å²) >= 11 is 0. The quantitative estimate of drug-likeness (QED) is 0.0185. The van der Waals surface area contributed by atoms with Crippen molar-refractivity contribution < 1.29 is 162 Å². The SMILES string of the molecule is CC(C)(CO)COC(=O)c1ccc(C(=O)OCC(C)(C)CO)cc1.CCOP(C)(=O)OCC(C)(C)COC(=O)c1ccc(C(=O)OCC(C)(C)COC)cc1.CCOP(C)(=O)OCC(C)(C)COC(=O)c1ccc(C(=O)OCC(C)(C)COC)cc1.COCC(C)(C)COC(=O)c1ccc(C(=O)OCC(C)(C)CO)cc1.COCC(C)(C)COC(=O)c1ccc(C(=O)OCC(C)(C)COC)cc1. The van der Waals surface area contributed by atoms with Crippen molar-refractivity contribution >= 4 is 74.9 Å². The Morgan fingerprint density at radius 2 is 0.314 bits per heavy atom. The first-order chi connectivity index (χ1) is 63.4. The van der Waals surface area contributed by atoms with E-state index in [2.05, 4.69) is 0 Å². The van der Waals surface area contributed by atoms with Gasteiger partial charge in [0, 0.05) is 103 Å². The van der Waals surface area contributed by atoms with Crippen molar-refractivity contribution in [3.8, 4) is 0 Å². The van der Waals surface area contributed by atoms with Crippen LogP contribution in [0.1, 0.15) is 256 Å². The maximum Gasteiger partial charge on any atom is 0.338 e. The van der Waals surface area contributed by atoms with E-state index in [4.69, 9.17) is 104 Å². The Hall–Kier alpha value is -9.22. The van der Waals surface area contributed by atoms with Crippen molar-refractivity contribution in [2.75, 3.05) is 194 Å². The molecule has 0 amide bonds. The highest BCUT2D eigenvalue weighted by molar-refractivity contribution is 7.53. The fourth-order valence-corrected chi connectivity index (χ4v) is 12.9. The molecule has 137 heavy (non-hydrogen) atoms. The lowest BCUT2D eigenvalue weighted by molar-refractivity contribution is 0.0127. The van der Waals surface area contributed by atoms with Crippen LogP contribution in [0.2, 0.25) is 0 Å². The number of esters is 10. The summed E-state index contributed by atoms with van der Waals surface area (Å²) < 4.78 is 123. The number of benzene rings is 5. The minimum Gasteiger partial charge on any atom is -0.461 e. The lowest BCUT2D eigenvalue weighted by Gasteiger charge is -2.25. The molecule has 2 atom stereocenters. The van der Waals surface area contributed by atoms with Gasteiger partial charge in [-0.3, -0.25) is 9.13 Å². The Balaban J connectivity index is 0.000000859. The van der Waals surface area contributed by atoms with Crippen LogP contribution < -0.4 is 0 Å². The normalized spacial score (nSPS) is 12.9. The van der Waals surface area contributed by atoms with E-state index in [1.54, 1.807) is 115 Å². The van der Waals surface area contributed by atoms with Crippen LogP contribution in [0.4, 0.5) is 0 Å². The number of aliphatic hydroxyl groups excluding tert-OH is 3. The molecule has 5 rings (SSSR count). The summed E-state index contributed by atoms with van der Waals surface area (Å²) in [6, 6.07) is 30.4. The van der Waals surface area contributed by atoms with Crippen LogP contribution in [0.25, 0.3) is 0 Å². The number of hydrogen-bond acceptors (Lipinski definition) is 34. The van der Waals surface area contributed by atoms with Crippen molar-refractivity contribution in [3.63, 3.8) is 0 Å². The molecule has 0 heterocycles. The summed E-state index contributed by atoms with van der Waals surface area (Å²) in [5.74, 6) is -4.85. The maximum atomic E-state index is 12.3. The molecule has 0 aliphatic carbocycles. The first kappa shape index (κ1) is 126. The lowest BCUT2D eigenvalue weighted by Crippen LogP contribution is -2.27. The van der Waals surface area contributed by atoms with E-state index in [0.717, 1.165) is 0 Å². The second-order valence-electron chi connectivity index (χ2n) is 40.9. The third-order valence-corrected chi connectivity index (χ3v) is 21.4. The van der Waals surface area contributed by atoms with E-state index in [1.165, 1.54) is 110 Å². The fraction of sp³-hybridized carbons (Fsp3) is 0.604. The Bertz CT molecular complexity index is 4370. The number of carbonyl (C=O) groups is 10. The van der Waals surface area contributed by atoms with Gasteiger partial charge in [-0.1, -0.05) is 138 Å². The second kappa shape index (κ2) is 59.4. The number of ether oxygens (including phenoxy) is 15. The molecule has 0 aliphatic rings. The molecule has 0 saturated carbocycles. The van der Waals surface area contributed by atoms with Gasteiger partial charge in [0.25, 0.3) is 0 Å². The van der Waals surface area contributed by atoms with Crippen LogP contribution in [0.3, 0.4) is 0 Å². The zero-order chi connectivity index (χ0) is 105. The highest BCUT2D eigenvalue weighted by atomic mass is 31.2. The van der Waals surface area contributed by atoms with Crippen LogP contribution in [-0.4, -0.2) is 269 Å². The van der Waals surface area contributed by atoms with Crippen molar-refractivity contribution in [2.24, 2.45) is 54.1 Å². The van der Waals surface area contributed by atoms with Crippen LogP contribution in [0.15, 0.2) is 121 Å². The second-order valence-corrected chi connectivity index (χ2v) is 45.0. The minimum atomic E-state index is -3.12. The Labute approximate surface area is 810 Å². The summed E-state index contributed by atoms with van der Waals surface area (Å²) in [7, 11) is 1.77. The summed E-state index contributed by atoms with van der Waals surface area (Å²) in [6.07, 6.45) is 0. The first-order valence-corrected chi connectivity index (χ1v) is 48.6. The van der Waals surface area contributed by atoms with E-state index in [1.807, 2.05) is 96.9 Å². The van der Waals surface area contributed by atoms with Crippen LogP contribution >= 0.6 is 15.2 Å². The molecule has 0 radical (unpaired) electrons. The number of aliphatic hydroxyl groups is 3. The Morgan fingerprint density at radius 1 is 0.204 bits per heavy atom. The van der Waals surface area contributed by atoms with Crippen molar-refractivity contribution in [1.29, 1.82) is 0 Å². The first-order valence-electron chi connectivity index (χ1n) is 44.6. The highest BCUT2D eigenvalue weighted by Gasteiger charge is 2.33. The zero-order valence-corrected chi connectivity index (χ0v) is 87.8. The molecule has 0 aromatic heterocycles. The largest absolute Gasteiger partial charge is 0.461 e. The Morgan fingerprint density at radius 3 is 0.416 bits per heavy atom. The van der Waals surface area contributed by atoms with Gasteiger partial charge in [0.15, 0.2) is 0 Å². The summed E-state index contributed by atoms with van der Waals surface area (Å²) in [6.45, 7) is 48.3. The molecule has 34 nitrogen and oxygen atoms in total. The van der Waals surface area contributed by atoms with Crippen LogP contribution in [-0.2, 0) is 98.3 Å². The van der Waals surface area contributed by atoms with Crippen LogP contribution in [0, 0.1) is 54.1 Å². The Kier molecular flexibility index (Phi) is 54.5. The van der Waals surface area contributed by atoms with Crippen LogP contribution in [0.5, 0.6) is 0 Å². The van der Waals surface area contributed by atoms with Gasteiger partial charge < -0.3 is 104 Å². The molecule has 772 valence electrons. The van der Waals surface area contributed by atoms with Crippen molar-refractivity contribution in [3.05, 3.63) is 177 Å². The summed E-state index contributed by atoms with van der Waals surface area (Å²) in [5, 5.41) is 27.5. The van der Waals surface area contributed by atoms with Gasteiger partial charge in [0.05, 0.1) is 201 Å². The van der Waals surface area contributed by atoms with Gasteiger partial charge in [-0.2, -0.15) is 0 Å². The van der Waals surface area contributed by atoms with Gasteiger partial charge >= 0.3 is 74.9 Å². The van der Waals surface area contributed by atoms with Gasteiger partial charge in [-0.05, 0) is 135 Å². The lowest BCUT2D eigenvalue weighted by atomic mass is 9.96. The van der Waals surface area contributed by atoms with E-state index in [0.29, 0.717) is 88.7 Å². The molecule has 0 saturated heterocycles. The zero-order valence-electron chi connectivity index (χ0n) is 86.0. The average Bonchev–Trinajstić information content (AvgIpc) is 0.865. The van der Waals surface area contributed by atoms with E-state index in [9.17, 15) is 57.1 Å². The molecule has 2 unspecified atom stereocenters. The summed E-state index contributed by atoms with van der Waals surface area (Å²) in [4.78, 5) is 121. The maximum absolute atomic E-state index is 12.3. The van der Waals surface area contributed by atoms with Gasteiger partial charge in [-0.15, -0.1) is 0 Å². The predicted octanol–water partition coefficient (Wildman–Crippen LogP) is 17.2. The number of hydrogen-bond donors (Lipinski definition) is 3. The van der Waals surface area contributed by atoms with Crippen molar-refractivity contribution in [1.82, 2.24) is 0 Å². The average molecular weight is 1970 g/mol. The molecular weight excluding hydrogens is 1820 g/mol. The van der Waals surface area contributed by atoms with Gasteiger partial charge in [0.2, 0.25) is 0 Å². The monoisotopic (exact) mass is 1970 g/mol. The van der Waals surface area contributed by atoms with Gasteiger partial charge in [0.1, 0.15) is 0 Å². The molecule has 0 aliphatic heterocycles. The molecule has 0 fully saturated rings. The topological polar surface area (TPSA) is 441 Å². The van der Waals surface area contributed by atoms with E-state index >= 15 is 0 Å². The number of methoxy groups -OCH3 is 5. The minimum absolute atomic E-state index is 0.0658. The molecule has 0 bridgehead atoms. The van der Waals surface area contributed by atoms with E-state index in [-0.39, 0.29) is 139 Å². The fourth-order valence-electron chi connectivity index (χ4n) is 10.7. The number of rotatable bonds is 53. The molecule has 3 N–H and O–H groups in total. The smallest absolute Gasteiger partial charge is 0.338 e. The number of carbonyl (C=O) groups excluding carboxylic acids is 10. The van der Waals surface area contributed by atoms with Crippen molar-refractivity contribution in [2.45, 2.75) is 152 Å². The standard InChI is InChI=1S/2C22H35O8P.C20H30O6.C19H28O6.C18H26O6/c2*1-8-29-31(7,25)30-16-22(4,5)15-28-20(24)18-11-9-17(10-12-18)19(23)27-14-21(2,3)13-26-6;1-19(2,11-23-5)13-25-17(21)15-7-9-16(10-8-15)18(22)26-14-20(3,4)12-24-6;1-18(2,10-20)12-24-16(21)14-6-8-15(9-7-14)17(22)25-13-19(3,4)11-23-5;1-17(2,9-19)11-23-15(21)13-5-7-14(8-6-13)16(22)24-12-18(3,4)10-20/h2*9-12H,8,13-16H2,1-7H3;7-10H,11-14H2,1-6H3;6-9,20H,10-13H2,1-5H3;5-8,19-20H,9-12H2,1-4H3. The summed E-state index contributed by atoms with van der Waals surface area (Å²) in [5.41, 5.74) is -0.590. The molecule has 5 aromatic rings. The predicted molar refractivity (Wildman–Crippen MR) is 516 cm³/mol. The highest BCUT2D eigenvalue weighted by Crippen LogP contribution is 2.46. The molecule has 36 heteroatoms.